The summed E-state index contributed by atoms with van der Waals surface area (Å²) in [6.07, 6.45) is 9.00. The van der Waals surface area contributed by atoms with Gasteiger partial charge in [-0.2, -0.15) is 0 Å². The van der Waals surface area contributed by atoms with Gasteiger partial charge in [0.1, 0.15) is 0 Å². The Morgan fingerprint density at radius 3 is 0.714 bits per heavy atom. The van der Waals surface area contributed by atoms with Gasteiger partial charge in [0.2, 0.25) is 0 Å². The molecule has 0 spiro atoms. The van der Waals surface area contributed by atoms with Crippen LogP contribution in [0.5, 0.6) is 0 Å². The zero-order chi connectivity index (χ0) is 4.24. The third kappa shape index (κ3) is 3.57. The van der Waals surface area contributed by atoms with Crippen LogP contribution in [-0.2, 0) is 0 Å². The van der Waals surface area contributed by atoms with Crippen LogP contribution in [0, 0.1) is 0 Å². The smallest absolute Gasteiger partial charge is 0 e. The Morgan fingerprint density at radius 2 is 0.571 bits per heavy atom. The molecule has 0 unspecified atom stereocenters. The normalized spacial score (nSPS) is 20.6. The summed E-state index contributed by atoms with van der Waals surface area (Å²) in [5, 5.41) is 0. The Labute approximate surface area is 68.0 Å². The molecule has 0 heterocycles. The van der Waals surface area contributed by atoms with Crippen LogP contribution in [0.3, 0.4) is 0 Å². The van der Waals surface area contributed by atoms with Crippen LogP contribution in [0.15, 0.2) is 0 Å². The van der Waals surface area contributed by atoms with Crippen LogP contribution >= 0.6 is 0 Å². The van der Waals surface area contributed by atoms with Gasteiger partial charge in [-0.15, -0.1) is 0 Å². The van der Waals surface area contributed by atoms with Gasteiger partial charge in [-0.1, -0.05) is 38.5 Å². The van der Waals surface area contributed by atoms with E-state index in [1.54, 1.807) is 0 Å². The van der Waals surface area contributed by atoms with Gasteiger partial charge in [0.25, 0.3) is 0 Å². The van der Waals surface area contributed by atoms with Gasteiger partial charge in [0, 0.05) is 29.6 Å². The van der Waals surface area contributed by atoms with Gasteiger partial charge in [0.05, 0.1) is 0 Å². The molecule has 0 saturated heterocycles. The second-order valence-electron chi connectivity index (χ2n) is 2.12. The zero-order valence-corrected chi connectivity index (χ0v) is 7.24. The topological polar surface area (TPSA) is 0 Å². The van der Waals surface area contributed by atoms with Crippen molar-refractivity contribution in [3.05, 3.63) is 0 Å². The Hall–Kier alpha value is 1.00. The minimum absolute atomic E-state index is 0. The summed E-state index contributed by atoms with van der Waals surface area (Å²) in [5.74, 6) is 0. The van der Waals surface area contributed by atoms with E-state index >= 15 is 0 Å². The molecule has 1 radical (unpaired) electrons. The molecule has 37 valence electrons. The molecule has 1 aliphatic carbocycles. The van der Waals surface area contributed by atoms with Crippen molar-refractivity contribution in [3.63, 3.8) is 0 Å². The van der Waals surface area contributed by atoms with Crippen molar-refractivity contribution in [2.45, 2.75) is 38.5 Å². The van der Waals surface area contributed by atoms with Crippen LogP contribution in [-0.4, -0.2) is 29.6 Å². The van der Waals surface area contributed by atoms with Gasteiger partial charge in [-0.05, 0) is 0 Å². The van der Waals surface area contributed by atoms with Gasteiger partial charge >= 0.3 is 0 Å². The van der Waals surface area contributed by atoms with Crippen LogP contribution in [0.1, 0.15) is 38.5 Å². The first-order valence-corrected chi connectivity index (χ1v) is 3.00. The first-order valence-electron chi connectivity index (χ1n) is 3.00. The van der Waals surface area contributed by atoms with Crippen molar-refractivity contribution in [2.24, 2.45) is 0 Å². The molecule has 0 amide bonds. The fraction of sp³-hybridized carbons (Fsp3) is 1.00. The van der Waals surface area contributed by atoms with Crippen LogP contribution in [0.25, 0.3) is 0 Å². The second-order valence-corrected chi connectivity index (χ2v) is 2.12. The summed E-state index contributed by atoms with van der Waals surface area (Å²) >= 11 is 0. The molecular formula is C6H12Na. The average Bonchev–Trinajstić information content (AvgIpc) is 1.72. The Balaban J connectivity index is 0.000000360. The minimum atomic E-state index is 0. The van der Waals surface area contributed by atoms with Crippen molar-refractivity contribution >= 4 is 29.6 Å². The SMILES string of the molecule is C1CCCCC1.[Na]. The molecule has 0 bridgehead atoms. The average molecular weight is 107 g/mol. The van der Waals surface area contributed by atoms with Crippen molar-refractivity contribution in [1.82, 2.24) is 0 Å². The van der Waals surface area contributed by atoms with E-state index < -0.39 is 0 Å². The van der Waals surface area contributed by atoms with E-state index in [-0.39, 0.29) is 29.6 Å². The number of rotatable bonds is 0. The van der Waals surface area contributed by atoms with Crippen molar-refractivity contribution < 1.29 is 0 Å². The monoisotopic (exact) mass is 107 g/mol. The van der Waals surface area contributed by atoms with Gasteiger partial charge in [-0.25, -0.2) is 0 Å². The Kier molecular flexibility index (Phi) is 5.88. The zero-order valence-electron chi connectivity index (χ0n) is 5.24. The largest absolute Gasteiger partial charge is 0.0533 e. The summed E-state index contributed by atoms with van der Waals surface area (Å²) in [4.78, 5) is 0. The molecule has 1 rings (SSSR count). The Bertz CT molecular complexity index is 19.7. The molecule has 1 saturated carbocycles. The maximum atomic E-state index is 1.50. The molecule has 0 aromatic rings. The molecule has 0 aromatic heterocycles. The molecule has 0 aliphatic heterocycles. The first kappa shape index (κ1) is 8.00. The fourth-order valence-corrected chi connectivity index (χ4v) is 1.06. The van der Waals surface area contributed by atoms with E-state index in [9.17, 15) is 0 Å². The molecule has 0 aromatic carbocycles. The maximum absolute atomic E-state index is 1.50. The molecule has 1 aliphatic rings. The summed E-state index contributed by atoms with van der Waals surface area (Å²) in [5.41, 5.74) is 0. The first-order chi connectivity index (χ1) is 3.00. The summed E-state index contributed by atoms with van der Waals surface area (Å²) in [6, 6.07) is 0. The minimum Gasteiger partial charge on any atom is -0.0533 e. The summed E-state index contributed by atoms with van der Waals surface area (Å²) in [7, 11) is 0. The van der Waals surface area contributed by atoms with E-state index in [0.29, 0.717) is 0 Å². The molecule has 1 fully saturated rings. The maximum Gasteiger partial charge on any atom is 0 e. The fourth-order valence-electron chi connectivity index (χ4n) is 1.06. The predicted molar refractivity (Wildman–Crippen MR) is 33.5 cm³/mol. The predicted octanol–water partition coefficient (Wildman–Crippen LogP) is 1.96. The summed E-state index contributed by atoms with van der Waals surface area (Å²) in [6.45, 7) is 0. The van der Waals surface area contributed by atoms with Crippen molar-refractivity contribution in [2.75, 3.05) is 0 Å². The van der Waals surface area contributed by atoms with Crippen molar-refractivity contribution in [1.29, 1.82) is 0 Å². The van der Waals surface area contributed by atoms with E-state index in [2.05, 4.69) is 0 Å². The third-order valence-electron chi connectivity index (χ3n) is 1.50. The second kappa shape index (κ2) is 5.14. The van der Waals surface area contributed by atoms with Gasteiger partial charge in [0.15, 0.2) is 0 Å². The molecule has 0 atom stereocenters. The number of hydrogen-bond donors (Lipinski definition) is 0. The summed E-state index contributed by atoms with van der Waals surface area (Å²) < 4.78 is 0. The Morgan fingerprint density at radius 1 is 0.429 bits per heavy atom. The molecule has 7 heavy (non-hydrogen) atoms. The third-order valence-corrected chi connectivity index (χ3v) is 1.50. The van der Waals surface area contributed by atoms with Gasteiger partial charge < -0.3 is 0 Å². The van der Waals surface area contributed by atoms with E-state index in [4.69, 9.17) is 0 Å². The van der Waals surface area contributed by atoms with Crippen LogP contribution in [0.4, 0.5) is 0 Å². The molecule has 1 heteroatoms. The quantitative estimate of drug-likeness (QED) is 0.415. The molecular weight excluding hydrogens is 95.1 g/mol. The number of hydrogen-bond acceptors (Lipinski definition) is 0. The van der Waals surface area contributed by atoms with Gasteiger partial charge in [-0.3, -0.25) is 0 Å². The van der Waals surface area contributed by atoms with E-state index in [0.717, 1.165) is 0 Å². The molecule has 0 nitrogen and oxygen atoms in total. The van der Waals surface area contributed by atoms with Crippen LogP contribution < -0.4 is 0 Å². The molecule has 0 N–H and O–H groups in total. The standard InChI is InChI=1S/C6H12.Na/c1-2-4-6-5-3-1;/h1-6H2;. The van der Waals surface area contributed by atoms with E-state index in [1.165, 1.54) is 38.5 Å². The van der Waals surface area contributed by atoms with Crippen molar-refractivity contribution in [3.8, 4) is 0 Å². The van der Waals surface area contributed by atoms with Crippen LogP contribution in [0.2, 0.25) is 0 Å². The van der Waals surface area contributed by atoms with E-state index in [1.807, 2.05) is 0 Å².